The normalized spacial score (nSPS) is 13.8. The average Bonchev–Trinajstić information content (AvgIpc) is 2.18. The summed E-state index contributed by atoms with van der Waals surface area (Å²) < 4.78 is 30.7. The first-order valence-electron chi connectivity index (χ1n) is 5.51. The minimum absolute atomic E-state index is 0.319. The summed E-state index contributed by atoms with van der Waals surface area (Å²) in [6.07, 6.45) is -2.56. The minimum Gasteiger partial charge on any atom is -0.488 e. The average molecular weight is 244 g/mol. The molecule has 2 nitrogen and oxygen atoms in total. The van der Waals surface area contributed by atoms with E-state index in [1.165, 1.54) is 0 Å². The molecule has 0 saturated heterocycles. The van der Waals surface area contributed by atoms with Gasteiger partial charge in [0.25, 0.3) is 0 Å². The molecule has 1 unspecified atom stereocenters. The van der Waals surface area contributed by atoms with E-state index in [9.17, 15) is 8.78 Å². The Hall–Kier alpha value is -1.16. The summed E-state index contributed by atoms with van der Waals surface area (Å²) in [5, 5.41) is 8.89. The molecule has 1 aromatic rings. The molecule has 0 bridgehead atoms. The highest BCUT2D eigenvalue weighted by Gasteiger charge is 2.21. The van der Waals surface area contributed by atoms with Crippen molar-refractivity contribution in [1.29, 1.82) is 0 Å². The topological polar surface area (TPSA) is 29.5 Å². The lowest BCUT2D eigenvalue weighted by Gasteiger charge is -2.22. The van der Waals surface area contributed by atoms with Crippen molar-refractivity contribution >= 4 is 0 Å². The minimum atomic E-state index is -2.56. The molecule has 17 heavy (non-hydrogen) atoms. The Balaban J connectivity index is 2.80. The lowest BCUT2D eigenvalue weighted by atomic mass is 10.0. The van der Waals surface area contributed by atoms with Gasteiger partial charge >= 0.3 is 0 Å². The highest BCUT2D eigenvalue weighted by atomic mass is 19.3. The number of alkyl halides is 2. The molecule has 1 aromatic carbocycles. The quantitative estimate of drug-likeness (QED) is 0.881. The van der Waals surface area contributed by atoms with E-state index < -0.39 is 19.0 Å². The molecule has 0 aromatic heterocycles. The number of aliphatic hydroxyl groups is 1. The van der Waals surface area contributed by atoms with Crippen LogP contribution in [0.15, 0.2) is 24.3 Å². The first-order chi connectivity index (χ1) is 7.83. The molecular weight excluding hydrogens is 226 g/mol. The van der Waals surface area contributed by atoms with Crippen molar-refractivity contribution in [2.45, 2.75) is 38.7 Å². The molecule has 4 heteroatoms. The third-order valence-electron chi connectivity index (χ3n) is 2.23. The van der Waals surface area contributed by atoms with Gasteiger partial charge in [0, 0.05) is 0 Å². The Kier molecular flexibility index (Phi) is 4.46. The van der Waals surface area contributed by atoms with Crippen molar-refractivity contribution in [3.05, 3.63) is 29.8 Å². The van der Waals surface area contributed by atoms with Crippen LogP contribution in [0, 0.1) is 0 Å². The number of rotatable bonds is 4. The van der Waals surface area contributed by atoms with Crippen LogP contribution in [0.25, 0.3) is 0 Å². The van der Waals surface area contributed by atoms with Gasteiger partial charge in [-0.2, -0.15) is 0 Å². The van der Waals surface area contributed by atoms with Gasteiger partial charge in [-0.05, 0) is 38.5 Å². The number of halogens is 2. The molecule has 0 saturated carbocycles. The lowest BCUT2D eigenvalue weighted by Crippen LogP contribution is -2.23. The number of hydrogen-bond acceptors (Lipinski definition) is 2. The van der Waals surface area contributed by atoms with Gasteiger partial charge in [0.1, 0.15) is 11.4 Å². The third kappa shape index (κ3) is 4.30. The van der Waals surface area contributed by atoms with Gasteiger partial charge in [-0.1, -0.05) is 12.1 Å². The van der Waals surface area contributed by atoms with Crippen LogP contribution in [-0.4, -0.2) is 23.7 Å². The molecule has 0 heterocycles. The zero-order chi connectivity index (χ0) is 13.1. The van der Waals surface area contributed by atoms with E-state index in [0.717, 1.165) is 0 Å². The van der Waals surface area contributed by atoms with E-state index in [-0.39, 0.29) is 5.60 Å². The Morgan fingerprint density at radius 2 is 1.71 bits per heavy atom. The lowest BCUT2D eigenvalue weighted by molar-refractivity contribution is 0.0809. The second-order valence-electron chi connectivity index (χ2n) is 4.91. The zero-order valence-electron chi connectivity index (χ0n) is 10.3. The van der Waals surface area contributed by atoms with Crippen molar-refractivity contribution < 1.29 is 18.6 Å². The monoisotopic (exact) mass is 244 g/mol. The molecule has 0 fully saturated rings. The van der Waals surface area contributed by atoms with E-state index in [0.29, 0.717) is 11.3 Å². The van der Waals surface area contributed by atoms with Gasteiger partial charge in [0.15, 0.2) is 0 Å². The maximum atomic E-state index is 12.6. The van der Waals surface area contributed by atoms with E-state index in [1.54, 1.807) is 24.3 Å². The SMILES string of the molecule is CC(C)(C)Oc1ccc(C(CO)C(F)F)cc1. The predicted octanol–water partition coefficient (Wildman–Crippen LogP) is 3.20. The molecule has 0 aliphatic rings. The van der Waals surface area contributed by atoms with E-state index in [4.69, 9.17) is 9.84 Å². The highest BCUT2D eigenvalue weighted by Crippen LogP contribution is 2.26. The third-order valence-corrected chi connectivity index (χ3v) is 2.23. The predicted molar refractivity (Wildman–Crippen MR) is 62.7 cm³/mol. The summed E-state index contributed by atoms with van der Waals surface area (Å²) in [7, 11) is 0. The largest absolute Gasteiger partial charge is 0.488 e. The van der Waals surface area contributed by atoms with Crippen LogP contribution < -0.4 is 4.74 Å². The molecule has 1 atom stereocenters. The van der Waals surface area contributed by atoms with Crippen LogP contribution in [0.1, 0.15) is 32.3 Å². The molecular formula is C13H18F2O2. The summed E-state index contributed by atoms with van der Waals surface area (Å²) >= 11 is 0. The van der Waals surface area contributed by atoms with Gasteiger partial charge in [-0.15, -0.1) is 0 Å². The molecule has 0 amide bonds. The Bertz CT molecular complexity index is 341. The maximum Gasteiger partial charge on any atom is 0.247 e. The summed E-state index contributed by atoms with van der Waals surface area (Å²) in [4.78, 5) is 0. The van der Waals surface area contributed by atoms with Crippen LogP contribution in [-0.2, 0) is 0 Å². The van der Waals surface area contributed by atoms with Crippen LogP contribution in [0.3, 0.4) is 0 Å². The molecule has 96 valence electrons. The fraction of sp³-hybridized carbons (Fsp3) is 0.538. The molecule has 0 spiro atoms. The maximum absolute atomic E-state index is 12.6. The zero-order valence-corrected chi connectivity index (χ0v) is 10.3. The molecule has 1 rings (SSSR count). The van der Waals surface area contributed by atoms with Crippen LogP contribution in [0.5, 0.6) is 5.75 Å². The van der Waals surface area contributed by atoms with Gasteiger partial charge in [0.05, 0.1) is 12.5 Å². The van der Waals surface area contributed by atoms with Crippen LogP contribution in [0.4, 0.5) is 8.78 Å². The van der Waals surface area contributed by atoms with Crippen molar-refractivity contribution in [2.75, 3.05) is 6.61 Å². The number of ether oxygens (including phenoxy) is 1. The van der Waals surface area contributed by atoms with Crippen molar-refractivity contribution in [3.63, 3.8) is 0 Å². The van der Waals surface area contributed by atoms with Crippen molar-refractivity contribution in [1.82, 2.24) is 0 Å². The fourth-order valence-corrected chi connectivity index (χ4v) is 1.47. The van der Waals surface area contributed by atoms with Gasteiger partial charge in [0.2, 0.25) is 6.43 Å². The van der Waals surface area contributed by atoms with Crippen LogP contribution >= 0.6 is 0 Å². The van der Waals surface area contributed by atoms with Crippen molar-refractivity contribution in [3.8, 4) is 5.75 Å². The first-order valence-corrected chi connectivity index (χ1v) is 5.51. The highest BCUT2D eigenvalue weighted by molar-refractivity contribution is 5.30. The summed E-state index contributed by atoms with van der Waals surface area (Å²) in [6, 6.07) is 6.42. The smallest absolute Gasteiger partial charge is 0.247 e. The molecule has 0 aliphatic heterocycles. The Morgan fingerprint density at radius 3 is 2.06 bits per heavy atom. The second kappa shape index (κ2) is 5.45. The Morgan fingerprint density at radius 1 is 1.18 bits per heavy atom. The Labute approximate surface area is 100 Å². The standard InChI is InChI=1S/C13H18F2O2/c1-13(2,3)17-10-6-4-9(5-7-10)11(8-16)12(14)15/h4-7,11-12,16H,8H2,1-3H3. The first kappa shape index (κ1) is 13.9. The molecule has 0 aliphatic carbocycles. The fourth-order valence-electron chi connectivity index (χ4n) is 1.47. The summed E-state index contributed by atoms with van der Waals surface area (Å²) in [5.74, 6) is -0.495. The van der Waals surface area contributed by atoms with Gasteiger partial charge < -0.3 is 9.84 Å². The summed E-state index contributed by atoms with van der Waals surface area (Å²) in [5.41, 5.74) is 0.101. The number of benzene rings is 1. The molecule has 0 radical (unpaired) electrons. The number of aliphatic hydroxyl groups excluding tert-OH is 1. The summed E-state index contributed by atoms with van der Waals surface area (Å²) in [6.45, 7) is 5.18. The number of hydrogen-bond donors (Lipinski definition) is 1. The second-order valence-corrected chi connectivity index (χ2v) is 4.91. The molecule has 1 N–H and O–H groups in total. The van der Waals surface area contributed by atoms with Gasteiger partial charge in [-0.3, -0.25) is 0 Å². The van der Waals surface area contributed by atoms with Gasteiger partial charge in [-0.25, -0.2) is 8.78 Å². The van der Waals surface area contributed by atoms with Crippen molar-refractivity contribution in [2.24, 2.45) is 0 Å². The van der Waals surface area contributed by atoms with E-state index in [2.05, 4.69) is 0 Å². The van der Waals surface area contributed by atoms with Crippen LogP contribution in [0.2, 0.25) is 0 Å². The van der Waals surface area contributed by atoms with E-state index >= 15 is 0 Å². The van der Waals surface area contributed by atoms with E-state index in [1.807, 2.05) is 20.8 Å².